The van der Waals surface area contributed by atoms with Crippen LogP contribution >= 0.6 is 15.9 Å². The molecule has 1 atom stereocenters. The molecule has 0 nitrogen and oxygen atoms in total. The van der Waals surface area contributed by atoms with E-state index in [1.165, 1.54) is 32.3 Å². The fourth-order valence-electron chi connectivity index (χ4n) is 2.59. The standard InChI is InChI=1S/C17H15Br/c1-11-5-3-4-6-14(11)13-9-16-12(2)7-8-15(16)17(18)10-13/h3-10,12H,1-2H3. The van der Waals surface area contributed by atoms with Crippen LogP contribution in [0, 0.1) is 6.92 Å². The van der Waals surface area contributed by atoms with Gasteiger partial charge in [0, 0.05) is 4.47 Å². The second-order valence-corrected chi connectivity index (χ2v) is 5.78. The first kappa shape index (κ1) is 11.7. The van der Waals surface area contributed by atoms with Crippen LogP contribution in [0.4, 0.5) is 0 Å². The van der Waals surface area contributed by atoms with E-state index in [2.05, 4.69) is 78.3 Å². The maximum atomic E-state index is 3.70. The predicted octanol–water partition coefficient (Wildman–Crippen LogP) is 5.55. The van der Waals surface area contributed by atoms with Gasteiger partial charge in [-0.05, 0) is 52.8 Å². The normalized spacial score (nSPS) is 16.9. The molecule has 0 aromatic heterocycles. The molecule has 3 rings (SSSR count). The Morgan fingerprint density at radius 2 is 1.89 bits per heavy atom. The van der Waals surface area contributed by atoms with Gasteiger partial charge in [0.25, 0.3) is 0 Å². The number of aryl methyl sites for hydroxylation is 1. The Balaban J connectivity index is 2.19. The number of halogens is 1. The molecule has 0 heterocycles. The second-order valence-electron chi connectivity index (χ2n) is 4.92. The predicted molar refractivity (Wildman–Crippen MR) is 81.8 cm³/mol. The summed E-state index contributed by atoms with van der Waals surface area (Å²) in [6.45, 7) is 4.41. The molecule has 0 N–H and O–H groups in total. The monoisotopic (exact) mass is 298 g/mol. The average molecular weight is 299 g/mol. The minimum Gasteiger partial charge on any atom is -0.0766 e. The fraction of sp³-hybridized carbons (Fsp3) is 0.176. The quantitative estimate of drug-likeness (QED) is 0.647. The van der Waals surface area contributed by atoms with Crippen molar-refractivity contribution >= 4 is 22.0 Å². The largest absolute Gasteiger partial charge is 0.0766 e. The number of benzene rings is 2. The molecule has 2 aromatic carbocycles. The first-order chi connectivity index (χ1) is 8.66. The van der Waals surface area contributed by atoms with Gasteiger partial charge < -0.3 is 0 Å². The maximum absolute atomic E-state index is 3.70. The van der Waals surface area contributed by atoms with Crippen molar-refractivity contribution in [1.82, 2.24) is 0 Å². The summed E-state index contributed by atoms with van der Waals surface area (Å²) in [5.74, 6) is 0.514. The van der Waals surface area contributed by atoms with Gasteiger partial charge in [-0.3, -0.25) is 0 Å². The summed E-state index contributed by atoms with van der Waals surface area (Å²) >= 11 is 3.70. The third kappa shape index (κ3) is 1.83. The number of hydrogen-bond donors (Lipinski definition) is 0. The lowest BCUT2D eigenvalue weighted by Gasteiger charge is -2.12. The molecule has 0 fully saturated rings. The zero-order valence-corrected chi connectivity index (χ0v) is 12.2. The van der Waals surface area contributed by atoms with Gasteiger partial charge in [0.2, 0.25) is 0 Å². The summed E-state index contributed by atoms with van der Waals surface area (Å²) in [4.78, 5) is 0. The van der Waals surface area contributed by atoms with E-state index in [0.29, 0.717) is 5.92 Å². The van der Waals surface area contributed by atoms with Crippen molar-refractivity contribution < 1.29 is 0 Å². The van der Waals surface area contributed by atoms with Gasteiger partial charge in [0.15, 0.2) is 0 Å². The Labute approximate surface area is 116 Å². The molecule has 0 radical (unpaired) electrons. The average Bonchev–Trinajstić information content (AvgIpc) is 2.72. The minimum atomic E-state index is 0.514. The van der Waals surface area contributed by atoms with Crippen molar-refractivity contribution in [2.75, 3.05) is 0 Å². The van der Waals surface area contributed by atoms with Gasteiger partial charge in [-0.25, -0.2) is 0 Å². The molecule has 0 saturated heterocycles. The van der Waals surface area contributed by atoms with Crippen LogP contribution in [0.3, 0.4) is 0 Å². The highest BCUT2D eigenvalue weighted by Crippen LogP contribution is 2.38. The van der Waals surface area contributed by atoms with Gasteiger partial charge in [0.1, 0.15) is 0 Å². The molecule has 0 bridgehead atoms. The first-order valence-corrected chi connectivity index (χ1v) is 7.04. The summed E-state index contributed by atoms with van der Waals surface area (Å²) in [7, 11) is 0. The van der Waals surface area contributed by atoms with Crippen LogP contribution in [0.5, 0.6) is 0 Å². The van der Waals surface area contributed by atoms with E-state index in [1.54, 1.807) is 0 Å². The Morgan fingerprint density at radius 3 is 2.67 bits per heavy atom. The van der Waals surface area contributed by atoms with Crippen LogP contribution in [0.15, 0.2) is 46.9 Å². The zero-order chi connectivity index (χ0) is 12.7. The van der Waals surface area contributed by atoms with E-state index in [9.17, 15) is 0 Å². The first-order valence-electron chi connectivity index (χ1n) is 6.24. The minimum absolute atomic E-state index is 0.514. The molecular weight excluding hydrogens is 284 g/mol. The Hall–Kier alpha value is -1.34. The molecule has 18 heavy (non-hydrogen) atoms. The molecule has 1 unspecified atom stereocenters. The summed E-state index contributed by atoms with van der Waals surface area (Å²) < 4.78 is 1.19. The van der Waals surface area contributed by atoms with Crippen LogP contribution < -0.4 is 0 Å². The summed E-state index contributed by atoms with van der Waals surface area (Å²) in [6, 6.07) is 13.1. The molecule has 0 spiro atoms. The van der Waals surface area contributed by atoms with Crippen molar-refractivity contribution in [2.24, 2.45) is 0 Å². The van der Waals surface area contributed by atoms with Crippen LogP contribution in [-0.2, 0) is 0 Å². The lowest BCUT2D eigenvalue weighted by molar-refractivity contribution is 0.989. The highest BCUT2D eigenvalue weighted by molar-refractivity contribution is 9.10. The lowest BCUT2D eigenvalue weighted by atomic mass is 9.94. The van der Waals surface area contributed by atoms with Gasteiger partial charge in [-0.15, -0.1) is 0 Å². The second kappa shape index (κ2) is 4.40. The van der Waals surface area contributed by atoms with Gasteiger partial charge >= 0.3 is 0 Å². The zero-order valence-electron chi connectivity index (χ0n) is 10.6. The van der Waals surface area contributed by atoms with E-state index in [4.69, 9.17) is 0 Å². The van der Waals surface area contributed by atoms with Crippen LogP contribution in [0.2, 0.25) is 0 Å². The van der Waals surface area contributed by atoms with E-state index in [1.807, 2.05) is 0 Å². The molecule has 1 aliphatic carbocycles. The van der Waals surface area contributed by atoms with E-state index < -0.39 is 0 Å². The highest BCUT2D eigenvalue weighted by Gasteiger charge is 2.17. The molecule has 0 amide bonds. The van der Waals surface area contributed by atoms with Crippen molar-refractivity contribution in [3.05, 3.63) is 63.6 Å². The van der Waals surface area contributed by atoms with E-state index in [-0.39, 0.29) is 0 Å². The third-order valence-electron chi connectivity index (χ3n) is 3.66. The molecule has 90 valence electrons. The SMILES string of the molecule is Cc1ccccc1-c1cc(Br)c2c(c1)C(C)C=C2. The number of allylic oxidation sites excluding steroid dienone is 1. The van der Waals surface area contributed by atoms with Gasteiger partial charge in [-0.2, -0.15) is 0 Å². The lowest BCUT2D eigenvalue weighted by Crippen LogP contribution is -1.91. The Kier molecular flexibility index (Phi) is 2.87. The third-order valence-corrected chi connectivity index (χ3v) is 4.32. The number of hydrogen-bond acceptors (Lipinski definition) is 0. The topological polar surface area (TPSA) is 0 Å². The maximum Gasteiger partial charge on any atom is 0.0256 e. The van der Waals surface area contributed by atoms with Gasteiger partial charge in [0.05, 0.1) is 0 Å². The molecule has 1 aliphatic rings. The van der Waals surface area contributed by atoms with Gasteiger partial charge in [-0.1, -0.05) is 59.3 Å². The molecule has 0 saturated carbocycles. The molecule has 1 heteroatoms. The van der Waals surface area contributed by atoms with E-state index in [0.717, 1.165) is 0 Å². The summed E-state index contributed by atoms with van der Waals surface area (Å²) in [5.41, 5.74) is 6.69. The van der Waals surface area contributed by atoms with Crippen LogP contribution in [0.25, 0.3) is 17.2 Å². The fourth-order valence-corrected chi connectivity index (χ4v) is 3.20. The molecule has 0 aliphatic heterocycles. The highest BCUT2D eigenvalue weighted by atomic mass is 79.9. The molecule has 2 aromatic rings. The van der Waals surface area contributed by atoms with Crippen molar-refractivity contribution in [3.63, 3.8) is 0 Å². The number of fused-ring (bicyclic) bond motifs is 1. The van der Waals surface area contributed by atoms with Crippen molar-refractivity contribution in [3.8, 4) is 11.1 Å². The van der Waals surface area contributed by atoms with Crippen molar-refractivity contribution in [1.29, 1.82) is 0 Å². The Morgan fingerprint density at radius 1 is 1.11 bits per heavy atom. The summed E-state index contributed by atoms with van der Waals surface area (Å²) in [6.07, 6.45) is 4.47. The van der Waals surface area contributed by atoms with E-state index >= 15 is 0 Å². The smallest absolute Gasteiger partial charge is 0.0256 e. The van der Waals surface area contributed by atoms with Crippen LogP contribution in [-0.4, -0.2) is 0 Å². The summed E-state index contributed by atoms with van der Waals surface area (Å²) in [5, 5.41) is 0. The molecular formula is C17H15Br. The Bertz CT molecular complexity index is 638. The van der Waals surface area contributed by atoms with Crippen molar-refractivity contribution in [2.45, 2.75) is 19.8 Å². The van der Waals surface area contributed by atoms with Crippen LogP contribution in [0.1, 0.15) is 29.5 Å². The number of rotatable bonds is 1.